The van der Waals surface area contributed by atoms with E-state index in [9.17, 15) is 18.0 Å². The Hall–Kier alpha value is -4.64. The van der Waals surface area contributed by atoms with E-state index in [-0.39, 0.29) is 24.0 Å². The van der Waals surface area contributed by atoms with Crippen molar-refractivity contribution in [1.29, 1.82) is 0 Å². The quantitative estimate of drug-likeness (QED) is 0.186. The highest BCUT2D eigenvalue weighted by molar-refractivity contribution is 7.90. The second kappa shape index (κ2) is 13.2. The van der Waals surface area contributed by atoms with Gasteiger partial charge in [0.15, 0.2) is 0 Å². The van der Waals surface area contributed by atoms with Crippen LogP contribution in [0.3, 0.4) is 0 Å². The van der Waals surface area contributed by atoms with Crippen molar-refractivity contribution in [2.24, 2.45) is 0 Å². The SMILES string of the molecule is O=C(NCCc1cccs1)NS(=O)(=O)c1ccccc1-c1ccc(CN2C(=O)c3ccccc3COc3ccc(Cl)cc32)cc1. The van der Waals surface area contributed by atoms with E-state index in [0.29, 0.717) is 46.1 Å². The van der Waals surface area contributed by atoms with E-state index in [1.807, 2.05) is 47.8 Å². The Morgan fingerprint density at radius 3 is 2.44 bits per heavy atom. The molecule has 2 N–H and O–H groups in total. The number of nitrogens with one attached hydrogen (secondary N) is 2. The number of amides is 3. The third-order valence-corrected chi connectivity index (χ3v) is 9.89. The Labute approximate surface area is 270 Å². The van der Waals surface area contributed by atoms with Crippen LogP contribution in [0.15, 0.2) is 113 Å². The molecule has 1 aliphatic rings. The number of hydrogen-bond donors (Lipinski definition) is 2. The molecule has 5 aromatic rings. The summed E-state index contributed by atoms with van der Waals surface area (Å²) in [5.74, 6) is 0.360. The molecule has 6 rings (SSSR count). The standard InChI is InChI=1S/C34H28ClN3O5S2/c35-26-15-16-31-30(20-26)38(33(39)29-9-2-1-6-25(29)22-43-31)21-23-11-13-24(14-12-23)28-8-3-4-10-32(28)45(41,42)37-34(40)36-18-17-27-7-5-19-44-27/h1-16,19-20H,17-18,21-22H2,(H2,36,37,40). The summed E-state index contributed by atoms with van der Waals surface area (Å²) in [5.41, 5.74) is 3.76. The third-order valence-electron chi connectivity index (χ3n) is 7.33. The van der Waals surface area contributed by atoms with Crippen molar-refractivity contribution in [3.8, 4) is 16.9 Å². The number of carbonyl (C=O) groups is 2. The molecule has 45 heavy (non-hydrogen) atoms. The molecular weight excluding hydrogens is 630 g/mol. The smallest absolute Gasteiger partial charge is 0.328 e. The summed E-state index contributed by atoms with van der Waals surface area (Å²) in [5, 5.41) is 5.03. The lowest BCUT2D eigenvalue weighted by Crippen LogP contribution is -2.40. The summed E-state index contributed by atoms with van der Waals surface area (Å²) in [7, 11) is -4.17. The zero-order valence-corrected chi connectivity index (χ0v) is 26.3. The average Bonchev–Trinajstić information content (AvgIpc) is 3.56. The number of benzene rings is 4. The van der Waals surface area contributed by atoms with Gasteiger partial charge in [0, 0.05) is 33.1 Å². The maximum atomic E-state index is 13.8. The van der Waals surface area contributed by atoms with Crippen molar-refractivity contribution in [1.82, 2.24) is 10.0 Å². The van der Waals surface area contributed by atoms with Crippen LogP contribution in [-0.4, -0.2) is 26.9 Å². The largest absolute Gasteiger partial charge is 0.487 e. The van der Waals surface area contributed by atoms with Gasteiger partial charge in [-0.2, -0.15) is 0 Å². The lowest BCUT2D eigenvalue weighted by molar-refractivity contribution is 0.0979. The Kier molecular flexibility index (Phi) is 8.88. The highest BCUT2D eigenvalue weighted by Gasteiger charge is 2.27. The van der Waals surface area contributed by atoms with E-state index in [2.05, 4.69) is 10.0 Å². The second-order valence-electron chi connectivity index (χ2n) is 10.3. The van der Waals surface area contributed by atoms with Gasteiger partial charge in [-0.1, -0.05) is 78.3 Å². The first-order valence-corrected chi connectivity index (χ1v) is 16.9. The molecule has 1 aromatic heterocycles. The molecule has 8 nitrogen and oxygen atoms in total. The number of ether oxygens (including phenoxy) is 1. The van der Waals surface area contributed by atoms with E-state index >= 15 is 0 Å². The summed E-state index contributed by atoms with van der Waals surface area (Å²) in [6.45, 7) is 0.781. The molecule has 4 aromatic carbocycles. The average molecular weight is 658 g/mol. The number of carbonyl (C=O) groups excluding carboxylic acids is 2. The number of anilines is 1. The van der Waals surface area contributed by atoms with Crippen molar-refractivity contribution in [3.05, 3.63) is 135 Å². The highest BCUT2D eigenvalue weighted by Crippen LogP contribution is 2.36. The van der Waals surface area contributed by atoms with Gasteiger partial charge in [0.2, 0.25) is 0 Å². The number of halogens is 1. The molecule has 228 valence electrons. The normalized spacial score (nSPS) is 12.7. The monoisotopic (exact) mass is 657 g/mol. The summed E-state index contributed by atoms with van der Waals surface area (Å²) in [6.07, 6.45) is 0.606. The molecule has 0 spiro atoms. The minimum absolute atomic E-state index is 0.0255. The van der Waals surface area contributed by atoms with Crippen molar-refractivity contribution in [2.45, 2.75) is 24.5 Å². The number of fused-ring (bicyclic) bond motifs is 2. The fourth-order valence-electron chi connectivity index (χ4n) is 5.12. The van der Waals surface area contributed by atoms with Crippen LogP contribution in [-0.2, 0) is 29.6 Å². The van der Waals surface area contributed by atoms with Crippen molar-refractivity contribution >= 4 is 50.6 Å². The zero-order chi connectivity index (χ0) is 31.4. The number of urea groups is 1. The van der Waals surface area contributed by atoms with E-state index in [1.54, 1.807) is 70.8 Å². The summed E-state index contributed by atoms with van der Waals surface area (Å²) in [6, 6.07) is 29.4. The molecule has 1 aliphatic heterocycles. The molecule has 0 radical (unpaired) electrons. The van der Waals surface area contributed by atoms with Crippen LogP contribution in [0, 0.1) is 0 Å². The molecule has 0 aliphatic carbocycles. The van der Waals surface area contributed by atoms with Gasteiger partial charge in [0.05, 0.1) is 17.1 Å². The van der Waals surface area contributed by atoms with Crippen LogP contribution in [0.2, 0.25) is 5.02 Å². The first-order valence-electron chi connectivity index (χ1n) is 14.1. The lowest BCUT2D eigenvalue weighted by Gasteiger charge is -2.29. The van der Waals surface area contributed by atoms with Crippen LogP contribution >= 0.6 is 22.9 Å². The van der Waals surface area contributed by atoms with Crippen LogP contribution in [0.4, 0.5) is 10.5 Å². The molecule has 0 fully saturated rings. The van der Waals surface area contributed by atoms with Gasteiger partial charge in [-0.05, 0) is 59.3 Å². The molecule has 0 atom stereocenters. The van der Waals surface area contributed by atoms with Crippen LogP contribution < -0.4 is 19.7 Å². The topological polar surface area (TPSA) is 105 Å². The van der Waals surface area contributed by atoms with Crippen molar-refractivity contribution < 1.29 is 22.7 Å². The predicted octanol–water partition coefficient (Wildman–Crippen LogP) is 7.04. The van der Waals surface area contributed by atoms with Gasteiger partial charge in [0.25, 0.3) is 15.9 Å². The summed E-state index contributed by atoms with van der Waals surface area (Å²) in [4.78, 5) is 29.0. The lowest BCUT2D eigenvalue weighted by atomic mass is 10.0. The number of rotatable bonds is 8. The van der Waals surface area contributed by atoms with Gasteiger partial charge in [-0.3, -0.25) is 4.79 Å². The van der Waals surface area contributed by atoms with Crippen LogP contribution in [0.25, 0.3) is 11.1 Å². The molecule has 0 bridgehead atoms. The van der Waals surface area contributed by atoms with E-state index in [4.69, 9.17) is 16.3 Å². The minimum Gasteiger partial charge on any atom is -0.487 e. The number of hydrogen-bond acceptors (Lipinski definition) is 6. The van der Waals surface area contributed by atoms with Gasteiger partial charge >= 0.3 is 6.03 Å². The van der Waals surface area contributed by atoms with Gasteiger partial charge in [0.1, 0.15) is 12.4 Å². The predicted molar refractivity (Wildman–Crippen MR) is 176 cm³/mol. The maximum absolute atomic E-state index is 13.8. The van der Waals surface area contributed by atoms with Gasteiger partial charge < -0.3 is 15.0 Å². The van der Waals surface area contributed by atoms with Crippen LogP contribution in [0.5, 0.6) is 5.75 Å². The molecule has 3 amide bonds. The zero-order valence-electron chi connectivity index (χ0n) is 23.9. The molecule has 11 heteroatoms. The molecular formula is C34H28ClN3O5S2. The Morgan fingerprint density at radius 2 is 1.67 bits per heavy atom. The third kappa shape index (κ3) is 6.88. The van der Waals surface area contributed by atoms with Gasteiger partial charge in [-0.25, -0.2) is 17.9 Å². The number of nitrogens with zero attached hydrogens (tertiary/aromatic N) is 1. The fraction of sp³-hybridized carbons (Fsp3) is 0.118. The molecule has 2 heterocycles. The van der Waals surface area contributed by atoms with Gasteiger partial charge in [-0.15, -0.1) is 11.3 Å². The number of sulfonamides is 1. The van der Waals surface area contributed by atoms with Crippen LogP contribution in [0.1, 0.15) is 26.4 Å². The van der Waals surface area contributed by atoms with E-state index in [0.717, 1.165) is 16.0 Å². The summed E-state index contributed by atoms with van der Waals surface area (Å²) >= 11 is 7.90. The highest BCUT2D eigenvalue weighted by atomic mass is 35.5. The number of thiophene rings is 1. The van der Waals surface area contributed by atoms with Crippen molar-refractivity contribution in [3.63, 3.8) is 0 Å². The second-order valence-corrected chi connectivity index (χ2v) is 13.5. The Balaban J connectivity index is 1.23. The Bertz CT molecular complexity index is 1960. The first-order chi connectivity index (χ1) is 21.8. The Morgan fingerprint density at radius 1 is 0.911 bits per heavy atom. The van der Waals surface area contributed by atoms with E-state index in [1.165, 1.54) is 6.07 Å². The maximum Gasteiger partial charge on any atom is 0.328 e. The molecule has 0 unspecified atom stereocenters. The summed E-state index contributed by atoms with van der Waals surface area (Å²) < 4.78 is 34.7. The molecule has 0 saturated heterocycles. The minimum atomic E-state index is -4.17. The molecule has 0 saturated carbocycles. The van der Waals surface area contributed by atoms with E-state index < -0.39 is 16.1 Å². The van der Waals surface area contributed by atoms with Crippen molar-refractivity contribution in [2.75, 3.05) is 11.4 Å². The first kappa shape index (κ1) is 30.4. The fourth-order valence-corrected chi connectivity index (χ4v) is 7.16.